The standard InChI is InChI=1S/C47H40N2O7/c1-47-38(44(52)49(46(47)54)29-9-5-4-6-10-29)26-37-35(42(47)34-22-23-39(50)33-12-8-7-11-32(33)34)20-21-36-41(37)45(53)48(43(36)51)30-17-14-27(15-18-30)13-16-28-25-31(55-2)19-24-40(28)56-3/h4-20,22-25,36-38,41-42,50H,21,26H2,1-3H3. The second-order valence-corrected chi connectivity index (χ2v) is 15.3. The van der Waals surface area contributed by atoms with Crippen LogP contribution in [-0.2, 0) is 19.2 Å². The molecule has 2 heterocycles. The Morgan fingerprint density at radius 2 is 1.43 bits per heavy atom. The fourth-order valence-electron chi connectivity index (χ4n) is 9.89. The summed E-state index contributed by atoms with van der Waals surface area (Å²) in [6, 6.07) is 32.8. The Kier molecular flexibility index (Phi) is 8.41. The number of fused-ring (bicyclic) bond motifs is 5. The molecule has 1 saturated carbocycles. The number of allylic oxidation sites excluding steroid dienone is 2. The third-order valence-corrected chi connectivity index (χ3v) is 12.6. The number of benzene rings is 5. The number of anilines is 2. The largest absolute Gasteiger partial charge is 0.507 e. The van der Waals surface area contributed by atoms with Crippen molar-refractivity contribution in [1.82, 2.24) is 0 Å². The van der Waals surface area contributed by atoms with Gasteiger partial charge in [0.05, 0.1) is 48.8 Å². The quantitative estimate of drug-likeness (QED) is 0.102. The highest BCUT2D eigenvalue weighted by Gasteiger charge is 2.67. The number of nitrogens with zero attached hydrogens (tertiary/aromatic N) is 2. The summed E-state index contributed by atoms with van der Waals surface area (Å²) in [5, 5.41) is 12.3. The highest BCUT2D eigenvalue weighted by atomic mass is 16.5. The summed E-state index contributed by atoms with van der Waals surface area (Å²) in [5.74, 6) is -2.75. The van der Waals surface area contributed by atoms with Gasteiger partial charge in [0.15, 0.2) is 0 Å². The maximum absolute atomic E-state index is 14.8. The molecule has 2 aliphatic heterocycles. The molecule has 5 aromatic carbocycles. The van der Waals surface area contributed by atoms with Crippen LogP contribution in [0.3, 0.4) is 0 Å². The van der Waals surface area contributed by atoms with E-state index in [1.165, 1.54) is 9.80 Å². The summed E-state index contributed by atoms with van der Waals surface area (Å²) >= 11 is 0. The molecule has 0 bridgehead atoms. The first-order chi connectivity index (χ1) is 27.1. The van der Waals surface area contributed by atoms with Gasteiger partial charge in [0.1, 0.15) is 17.2 Å². The summed E-state index contributed by atoms with van der Waals surface area (Å²) in [6.45, 7) is 1.88. The lowest BCUT2D eigenvalue weighted by Gasteiger charge is -2.49. The van der Waals surface area contributed by atoms with Crippen LogP contribution in [0.5, 0.6) is 17.2 Å². The van der Waals surface area contributed by atoms with Crippen molar-refractivity contribution in [3.05, 3.63) is 138 Å². The zero-order chi connectivity index (χ0) is 38.9. The lowest BCUT2D eigenvalue weighted by molar-refractivity contribution is -0.131. The first-order valence-corrected chi connectivity index (χ1v) is 18.9. The molecule has 0 aromatic heterocycles. The third kappa shape index (κ3) is 5.21. The number of aromatic hydroxyl groups is 1. The molecule has 4 amide bonds. The topological polar surface area (TPSA) is 113 Å². The van der Waals surface area contributed by atoms with Gasteiger partial charge < -0.3 is 14.6 Å². The third-order valence-electron chi connectivity index (χ3n) is 12.6. The molecule has 1 N–H and O–H groups in total. The van der Waals surface area contributed by atoms with Crippen molar-refractivity contribution in [2.24, 2.45) is 29.1 Å². The second kappa shape index (κ2) is 13.4. The van der Waals surface area contributed by atoms with Gasteiger partial charge in [0, 0.05) is 16.9 Å². The van der Waals surface area contributed by atoms with E-state index in [4.69, 9.17) is 9.47 Å². The molecule has 3 fully saturated rings. The van der Waals surface area contributed by atoms with E-state index in [0.29, 0.717) is 34.7 Å². The number of imide groups is 2. The molecule has 280 valence electrons. The van der Waals surface area contributed by atoms with Crippen LogP contribution in [-0.4, -0.2) is 43.0 Å². The van der Waals surface area contributed by atoms with Crippen molar-refractivity contribution in [3.8, 4) is 17.2 Å². The summed E-state index contributed by atoms with van der Waals surface area (Å²) in [7, 11) is 3.22. The average molecular weight is 745 g/mol. The Bertz CT molecular complexity index is 2510. The number of ether oxygens (including phenoxy) is 2. The Hall–Kier alpha value is -6.48. The summed E-state index contributed by atoms with van der Waals surface area (Å²) in [4.78, 5) is 60.9. The van der Waals surface area contributed by atoms with Crippen molar-refractivity contribution in [2.45, 2.75) is 25.7 Å². The van der Waals surface area contributed by atoms with E-state index in [-0.39, 0.29) is 35.8 Å². The first kappa shape index (κ1) is 35.2. The van der Waals surface area contributed by atoms with Gasteiger partial charge in [-0.25, -0.2) is 4.90 Å². The molecular formula is C47H40N2O7. The van der Waals surface area contributed by atoms with Gasteiger partial charge in [0.2, 0.25) is 23.6 Å². The highest BCUT2D eigenvalue weighted by Crippen LogP contribution is 2.64. The van der Waals surface area contributed by atoms with Crippen LogP contribution in [0, 0.1) is 29.1 Å². The van der Waals surface area contributed by atoms with Crippen LogP contribution in [0.2, 0.25) is 0 Å². The molecular weight excluding hydrogens is 705 g/mol. The molecule has 9 rings (SSSR count). The molecule has 6 unspecified atom stereocenters. The van der Waals surface area contributed by atoms with Gasteiger partial charge in [-0.15, -0.1) is 0 Å². The monoisotopic (exact) mass is 744 g/mol. The van der Waals surface area contributed by atoms with Crippen LogP contribution in [0.15, 0.2) is 121 Å². The van der Waals surface area contributed by atoms with E-state index in [2.05, 4.69) is 6.08 Å². The SMILES string of the molecule is COc1ccc(OC)c(C=Cc2ccc(N3C(=O)C4CC=C5C(CC6C(=O)N(c7ccccc7)C(=O)C6(C)C5c5ccc(O)c6ccccc56)C4C3=O)cc2)c1. The average Bonchev–Trinajstić information content (AvgIpc) is 3.60. The summed E-state index contributed by atoms with van der Waals surface area (Å²) in [6.07, 6.45) is 6.49. The number of hydrogen-bond acceptors (Lipinski definition) is 7. The lowest BCUT2D eigenvalue weighted by Crippen LogP contribution is -2.49. The van der Waals surface area contributed by atoms with E-state index < -0.39 is 35.0 Å². The molecule has 2 aliphatic carbocycles. The molecule has 4 aliphatic rings. The molecule has 0 spiro atoms. The predicted molar refractivity (Wildman–Crippen MR) is 214 cm³/mol. The number of carbonyl (C=O) groups is 4. The lowest BCUT2D eigenvalue weighted by atomic mass is 9.51. The number of methoxy groups -OCH3 is 2. The van der Waals surface area contributed by atoms with Crippen LogP contribution < -0.4 is 19.3 Å². The van der Waals surface area contributed by atoms with Gasteiger partial charge >= 0.3 is 0 Å². The minimum Gasteiger partial charge on any atom is -0.507 e. The highest BCUT2D eigenvalue weighted by molar-refractivity contribution is 6.25. The number of carbonyl (C=O) groups excluding carboxylic acids is 4. The van der Waals surface area contributed by atoms with E-state index in [1.807, 2.05) is 85.8 Å². The molecule has 9 nitrogen and oxygen atoms in total. The fourth-order valence-corrected chi connectivity index (χ4v) is 9.89. The van der Waals surface area contributed by atoms with Crippen LogP contribution in [0.1, 0.15) is 42.4 Å². The minimum atomic E-state index is -1.19. The number of amides is 4. The smallest absolute Gasteiger partial charge is 0.241 e. The minimum absolute atomic E-state index is 0.115. The summed E-state index contributed by atoms with van der Waals surface area (Å²) in [5.41, 5.74) is 3.20. The van der Waals surface area contributed by atoms with Gasteiger partial charge in [0.25, 0.3) is 0 Å². The van der Waals surface area contributed by atoms with Crippen LogP contribution >= 0.6 is 0 Å². The summed E-state index contributed by atoms with van der Waals surface area (Å²) < 4.78 is 10.9. The zero-order valence-electron chi connectivity index (χ0n) is 31.2. The van der Waals surface area contributed by atoms with Gasteiger partial charge in [-0.2, -0.15) is 0 Å². The number of hydrogen-bond donors (Lipinski definition) is 1. The molecule has 56 heavy (non-hydrogen) atoms. The van der Waals surface area contributed by atoms with Crippen molar-refractivity contribution in [3.63, 3.8) is 0 Å². The van der Waals surface area contributed by atoms with E-state index >= 15 is 0 Å². The zero-order valence-corrected chi connectivity index (χ0v) is 31.2. The van der Waals surface area contributed by atoms with E-state index in [9.17, 15) is 24.3 Å². The fraction of sp³-hybridized carbons (Fsp3) is 0.234. The van der Waals surface area contributed by atoms with Crippen molar-refractivity contribution < 1.29 is 33.8 Å². The van der Waals surface area contributed by atoms with Crippen molar-refractivity contribution >= 4 is 57.9 Å². The van der Waals surface area contributed by atoms with Crippen LogP contribution in [0.25, 0.3) is 22.9 Å². The number of rotatable bonds is 7. The second-order valence-electron chi connectivity index (χ2n) is 15.3. The molecule has 6 atom stereocenters. The predicted octanol–water partition coefficient (Wildman–Crippen LogP) is 8.17. The normalized spacial score (nSPS) is 25.7. The van der Waals surface area contributed by atoms with Crippen molar-refractivity contribution in [2.75, 3.05) is 24.0 Å². The molecule has 9 heteroatoms. The molecule has 2 saturated heterocycles. The first-order valence-electron chi connectivity index (χ1n) is 18.9. The van der Waals surface area contributed by atoms with Crippen molar-refractivity contribution in [1.29, 1.82) is 0 Å². The Morgan fingerprint density at radius 3 is 2.16 bits per heavy atom. The van der Waals surface area contributed by atoms with Gasteiger partial charge in [-0.1, -0.05) is 84.5 Å². The van der Waals surface area contributed by atoms with Gasteiger partial charge in [-0.3, -0.25) is 24.1 Å². The Balaban J connectivity index is 1.09. The van der Waals surface area contributed by atoms with Gasteiger partial charge in [-0.05, 0) is 90.7 Å². The molecule has 5 aromatic rings. The van der Waals surface area contributed by atoms with Crippen LogP contribution in [0.4, 0.5) is 11.4 Å². The number of phenolic OH excluding ortho intramolecular Hbond substituents is 1. The Labute approximate surface area is 324 Å². The Morgan fingerprint density at radius 1 is 0.714 bits per heavy atom. The number of para-hydroxylation sites is 1. The maximum Gasteiger partial charge on any atom is 0.241 e. The molecule has 0 radical (unpaired) electrons. The maximum atomic E-state index is 14.8. The van der Waals surface area contributed by atoms with E-state index in [1.54, 1.807) is 56.7 Å². The number of phenols is 1. The van der Waals surface area contributed by atoms with E-state index in [0.717, 1.165) is 27.6 Å².